The van der Waals surface area contributed by atoms with Crippen molar-refractivity contribution in [3.63, 3.8) is 0 Å². The Labute approximate surface area is 185 Å². The third-order valence-electron chi connectivity index (χ3n) is 6.07. The Hall–Kier alpha value is -2.25. The molecule has 4 nitrogen and oxygen atoms in total. The van der Waals surface area contributed by atoms with Gasteiger partial charge in [-0.1, -0.05) is 37.4 Å². The number of nitrogens with zero attached hydrogens (tertiary/aromatic N) is 2. The van der Waals surface area contributed by atoms with E-state index < -0.39 is 5.92 Å². The van der Waals surface area contributed by atoms with E-state index in [-0.39, 0.29) is 17.4 Å². The van der Waals surface area contributed by atoms with Crippen molar-refractivity contribution in [3.05, 3.63) is 53.1 Å². The highest BCUT2D eigenvalue weighted by atomic mass is 32.2. The topological polar surface area (TPSA) is 64.9 Å². The van der Waals surface area contributed by atoms with Crippen LogP contribution in [-0.2, 0) is 12.3 Å². The maximum absolute atomic E-state index is 14.5. The molecule has 1 fully saturated rings. The fourth-order valence-electron chi connectivity index (χ4n) is 4.41. The molecule has 0 radical (unpaired) electrons. The standard InChI is InChI=1S/C24H27F2N3OS/c1-3-15-13-17(10-12-21(15)31-27)22-28-23(30-29-22)18-9-11-19(16-7-5-4-6-8-16)20(14-18)24(2,25)26/h9-14,16H,3-8,27H2,1-2H3. The van der Waals surface area contributed by atoms with Crippen LogP contribution in [-0.4, -0.2) is 10.1 Å². The number of alkyl halides is 2. The molecule has 1 aliphatic carbocycles. The van der Waals surface area contributed by atoms with Gasteiger partial charge in [-0.3, -0.25) is 5.14 Å². The molecule has 164 valence electrons. The second-order valence-electron chi connectivity index (χ2n) is 8.24. The molecule has 1 aromatic heterocycles. The molecule has 0 spiro atoms. The zero-order valence-electron chi connectivity index (χ0n) is 17.8. The molecule has 7 heteroatoms. The van der Waals surface area contributed by atoms with Crippen molar-refractivity contribution in [2.75, 3.05) is 0 Å². The Morgan fingerprint density at radius 2 is 1.84 bits per heavy atom. The fraction of sp³-hybridized carbons (Fsp3) is 0.417. The van der Waals surface area contributed by atoms with E-state index in [0.717, 1.165) is 60.6 Å². The minimum atomic E-state index is -2.93. The van der Waals surface area contributed by atoms with E-state index in [4.69, 9.17) is 9.66 Å². The van der Waals surface area contributed by atoms with Gasteiger partial charge in [0.2, 0.25) is 5.82 Å². The molecule has 3 aromatic rings. The van der Waals surface area contributed by atoms with Gasteiger partial charge in [0.15, 0.2) is 0 Å². The Kier molecular flexibility index (Phi) is 6.44. The molecule has 4 rings (SSSR count). The van der Waals surface area contributed by atoms with Crippen LogP contribution in [0.2, 0.25) is 0 Å². The summed E-state index contributed by atoms with van der Waals surface area (Å²) in [7, 11) is 0. The van der Waals surface area contributed by atoms with Crippen molar-refractivity contribution < 1.29 is 13.3 Å². The van der Waals surface area contributed by atoms with E-state index in [9.17, 15) is 8.78 Å². The van der Waals surface area contributed by atoms with Gasteiger partial charge in [-0.05, 0) is 78.6 Å². The Balaban J connectivity index is 1.68. The molecule has 0 bridgehead atoms. The van der Waals surface area contributed by atoms with Gasteiger partial charge in [0.25, 0.3) is 11.8 Å². The van der Waals surface area contributed by atoms with Gasteiger partial charge in [-0.15, -0.1) is 0 Å². The van der Waals surface area contributed by atoms with Gasteiger partial charge >= 0.3 is 0 Å². The van der Waals surface area contributed by atoms with Crippen LogP contribution in [0.5, 0.6) is 0 Å². The van der Waals surface area contributed by atoms with E-state index in [1.807, 2.05) is 30.3 Å². The van der Waals surface area contributed by atoms with Crippen LogP contribution < -0.4 is 5.14 Å². The smallest absolute Gasteiger partial charge is 0.270 e. The zero-order valence-corrected chi connectivity index (χ0v) is 18.6. The summed E-state index contributed by atoms with van der Waals surface area (Å²) in [4.78, 5) is 5.49. The zero-order chi connectivity index (χ0) is 22.0. The second kappa shape index (κ2) is 9.09. The molecule has 0 aliphatic heterocycles. The highest BCUT2D eigenvalue weighted by molar-refractivity contribution is 7.97. The maximum atomic E-state index is 14.5. The van der Waals surface area contributed by atoms with E-state index in [2.05, 4.69) is 17.1 Å². The van der Waals surface area contributed by atoms with E-state index in [1.54, 1.807) is 0 Å². The van der Waals surface area contributed by atoms with Crippen molar-refractivity contribution in [2.24, 2.45) is 5.14 Å². The molecule has 0 unspecified atom stereocenters. The summed E-state index contributed by atoms with van der Waals surface area (Å²) in [6.45, 7) is 3.02. The van der Waals surface area contributed by atoms with Gasteiger partial charge in [-0.25, -0.2) is 8.78 Å². The van der Waals surface area contributed by atoms with Gasteiger partial charge in [0.05, 0.1) is 0 Å². The van der Waals surface area contributed by atoms with Crippen LogP contribution in [0.25, 0.3) is 22.8 Å². The molecule has 1 saturated carbocycles. The monoisotopic (exact) mass is 443 g/mol. The van der Waals surface area contributed by atoms with Crippen LogP contribution in [0.1, 0.15) is 68.6 Å². The van der Waals surface area contributed by atoms with Crippen molar-refractivity contribution in [2.45, 2.75) is 69.1 Å². The lowest BCUT2D eigenvalue weighted by Crippen LogP contribution is -2.15. The summed E-state index contributed by atoms with van der Waals surface area (Å²) in [5.41, 5.74) is 3.23. The number of hydrogen-bond acceptors (Lipinski definition) is 5. The predicted octanol–water partition coefficient (Wildman–Crippen LogP) is 7.09. The van der Waals surface area contributed by atoms with Crippen LogP contribution in [0.15, 0.2) is 45.8 Å². The van der Waals surface area contributed by atoms with Crippen molar-refractivity contribution in [1.29, 1.82) is 0 Å². The fourth-order valence-corrected chi connectivity index (χ4v) is 4.91. The molecule has 0 atom stereocenters. The number of nitrogens with two attached hydrogens (primary N) is 1. The summed E-state index contributed by atoms with van der Waals surface area (Å²) in [6.07, 6.45) is 6.12. The lowest BCUT2D eigenvalue weighted by atomic mass is 9.80. The minimum Gasteiger partial charge on any atom is -0.334 e. The summed E-state index contributed by atoms with van der Waals surface area (Å²) in [5, 5.41) is 9.80. The van der Waals surface area contributed by atoms with Crippen LogP contribution in [0, 0.1) is 0 Å². The first-order valence-electron chi connectivity index (χ1n) is 10.8. The van der Waals surface area contributed by atoms with E-state index >= 15 is 0 Å². The van der Waals surface area contributed by atoms with Crippen molar-refractivity contribution >= 4 is 11.9 Å². The van der Waals surface area contributed by atoms with Crippen molar-refractivity contribution in [1.82, 2.24) is 10.1 Å². The number of benzene rings is 2. The first kappa shape index (κ1) is 22.0. The molecule has 31 heavy (non-hydrogen) atoms. The average molecular weight is 444 g/mol. The molecule has 1 aliphatic rings. The Morgan fingerprint density at radius 3 is 2.52 bits per heavy atom. The Bertz CT molecular complexity index is 1060. The van der Waals surface area contributed by atoms with Crippen LogP contribution in [0.3, 0.4) is 0 Å². The quantitative estimate of drug-likeness (QED) is 0.412. The summed E-state index contributed by atoms with van der Waals surface area (Å²) >= 11 is 1.21. The first-order valence-corrected chi connectivity index (χ1v) is 11.6. The molecule has 1 heterocycles. The highest BCUT2D eigenvalue weighted by Crippen LogP contribution is 2.41. The Morgan fingerprint density at radius 1 is 1.10 bits per heavy atom. The molecule has 0 amide bonds. The number of aromatic nitrogens is 2. The molecular weight excluding hydrogens is 416 g/mol. The van der Waals surface area contributed by atoms with Crippen molar-refractivity contribution in [3.8, 4) is 22.8 Å². The third-order valence-corrected chi connectivity index (χ3v) is 6.72. The van der Waals surface area contributed by atoms with Gasteiger partial charge in [-0.2, -0.15) is 4.98 Å². The summed E-state index contributed by atoms with van der Waals surface area (Å²) in [5.74, 6) is -2.07. The maximum Gasteiger partial charge on any atom is 0.270 e. The second-order valence-corrected chi connectivity index (χ2v) is 8.92. The molecule has 2 N–H and O–H groups in total. The third kappa shape index (κ3) is 4.67. The predicted molar refractivity (Wildman–Crippen MR) is 120 cm³/mol. The van der Waals surface area contributed by atoms with E-state index in [1.165, 1.54) is 24.4 Å². The highest BCUT2D eigenvalue weighted by Gasteiger charge is 2.31. The average Bonchev–Trinajstić information content (AvgIpc) is 3.28. The summed E-state index contributed by atoms with van der Waals surface area (Å²) in [6, 6.07) is 11.0. The number of aryl methyl sites for hydroxylation is 1. The number of halogens is 2. The molecular formula is C24H27F2N3OS. The lowest BCUT2D eigenvalue weighted by Gasteiger charge is -2.26. The van der Waals surface area contributed by atoms with Gasteiger partial charge < -0.3 is 4.52 Å². The van der Waals surface area contributed by atoms with Crippen LogP contribution >= 0.6 is 11.9 Å². The van der Waals surface area contributed by atoms with Gasteiger partial charge in [0, 0.05) is 28.5 Å². The number of hydrogen-bond donors (Lipinski definition) is 1. The number of rotatable bonds is 6. The minimum absolute atomic E-state index is 0.0641. The lowest BCUT2D eigenvalue weighted by molar-refractivity contribution is 0.0160. The largest absolute Gasteiger partial charge is 0.334 e. The SMILES string of the molecule is CCc1cc(-c2noc(-c3ccc(C4CCCCC4)c(C(C)(F)F)c3)n2)ccc1SN. The normalized spacial score (nSPS) is 15.4. The van der Waals surface area contributed by atoms with Gasteiger partial charge in [0.1, 0.15) is 0 Å². The van der Waals surface area contributed by atoms with Crippen LogP contribution in [0.4, 0.5) is 8.78 Å². The molecule has 2 aromatic carbocycles. The van der Waals surface area contributed by atoms with E-state index in [0.29, 0.717) is 11.4 Å². The first-order chi connectivity index (χ1) is 14.9. The molecule has 0 saturated heterocycles. The summed E-state index contributed by atoms with van der Waals surface area (Å²) < 4.78 is 34.5.